The van der Waals surface area contributed by atoms with Crippen LogP contribution in [0.4, 0.5) is 4.79 Å². The van der Waals surface area contributed by atoms with E-state index in [1.165, 1.54) is 24.0 Å². The Balaban J connectivity index is 1.15. The van der Waals surface area contributed by atoms with Gasteiger partial charge in [-0.3, -0.25) is 4.79 Å². The lowest BCUT2D eigenvalue weighted by atomic mass is 9.68. The van der Waals surface area contributed by atoms with Gasteiger partial charge in [-0.2, -0.15) is 0 Å². The third-order valence-electron chi connectivity index (χ3n) is 10.2. The second-order valence-corrected chi connectivity index (χ2v) is 12.5. The number of amides is 2. The minimum absolute atomic E-state index is 0.0746. The molecule has 1 aromatic carbocycles. The predicted molar refractivity (Wildman–Crippen MR) is 146 cm³/mol. The average Bonchev–Trinajstić information content (AvgIpc) is 3.80. The topological polar surface area (TPSA) is 62.3 Å². The molecule has 1 spiro atoms. The Morgan fingerprint density at radius 3 is 2.42 bits per heavy atom. The highest BCUT2D eigenvalue weighted by molar-refractivity contribution is 5.81. The first-order chi connectivity index (χ1) is 18.6. The van der Waals surface area contributed by atoms with Gasteiger partial charge in [-0.15, -0.1) is 0 Å². The van der Waals surface area contributed by atoms with Crippen molar-refractivity contribution in [2.24, 2.45) is 5.92 Å². The quantitative estimate of drug-likeness (QED) is 0.523. The standard InChI is InChI=1S/C31H45N3O4/c1-37-18-19-38-30(36)34-25-7-3-4-8-27(34)20-26(13-12-25)32-16-14-31(15-17-32)22-33(29(35)23-10-11-23)21-24-6-2-5-9-28(24)31/h2,5-6,9,23,25-27H,3-4,7-8,10-22H2,1H3. The summed E-state index contributed by atoms with van der Waals surface area (Å²) in [6.07, 6.45) is 12.0. The van der Waals surface area contributed by atoms with Crippen LogP contribution in [-0.4, -0.2) is 84.8 Å². The smallest absolute Gasteiger partial charge is 0.410 e. The lowest BCUT2D eigenvalue weighted by Gasteiger charge is -2.50. The third kappa shape index (κ3) is 5.21. The van der Waals surface area contributed by atoms with Crippen LogP contribution in [0.1, 0.15) is 81.8 Å². The van der Waals surface area contributed by atoms with E-state index < -0.39 is 0 Å². The summed E-state index contributed by atoms with van der Waals surface area (Å²) >= 11 is 0. The number of benzene rings is 1. The number of ether oxygens (including phenoxy) is 2. The van der Waals surface area contributed by atoms with E-state index in [9.17, 15) is 9.59 Å². The van der Waals surface area contributed by atoms with Gasteiger partial charge < -0.3 is 24.2 Å². The second kappa shape index (κ2) is 11.2. The van der Waals surface area contributed by atoms with Crippen LogP contribution in [0.2, 0.25) is 0 Å². The maximum absolute atomic E-state index is 13.1. The van der Waals surface area contributed by atoms with Crippen LogP contribution >= 0.6 is 0 Å². The normalized spacial score (nSPS) is 29.3. The first kappa shape index (κ1) is 26.1. The summed E-state index contributed by atoms with van der Waals surface area (Å²) < 4.78 is 10.7. The molecule has 2 amide bonds. The molecule has 4 aliphatic heterocycles. The lowest BCUT2D eigenvalue weighted by Crippen LogP contribution is -2.55. The molecule has 0 N–H and O–H groups in total. The van der Waals surface area contributed by atoms with Crippen LogP contribution in [0.3, 0.4) is 0 Å². The van der Waals surface area contributed by atoms with Gasteiger partial charge >= 0.3 is 6.09 Å². The number of fused-ring (bicyclic) bond motifs is 4. The van der Waals surface area contributed by atoms with Crippen molar-refractivity contribution in [1.82, 2.24) is 14.7 Å². The Bertz CT molecular complexity index is 1000. The molecule has 6 rings (SSSR count). The molecule has 4 heterocycles. The van der Waals surface area contributed by atoms with Crippen molar-refractivity contribution in [3.63, 3.8) is 0 Å². The van der Waals surface area contributed by atoms with Gasteiger partial charge in [-0.05, 0) is 82.0 Å². The summed E-state index contributed by atoms with van der Waals surface area (Å²) in [7, 11) is 1.64. The third-order valence-corrected chi connectivity index (χ3v) is 10.2. The van der Waals surface area contributed by atoms with Gasteiger partial charge in [0.05, 0.1) is 6.61 Å². The van der Waals surface area contributed by atoms with Crippen molar-refractivity contribution < 1.29 is 19.1 Å². The molecule has 3 unspecified atom stereocenters. The first-order valence-electron chi connectivity index (χ1n) is 15.1. The summed E-state index contributed by atoms with van der Waals surface area (Å²) in [5.41, 5.74) is 2.91. The molecule has 4 fully saturated rings. The van der Waals surface area contributed by atoms with E-state index in [0.717, 1.165) is 84.0 Å². The molecular formula is C31H45N3O4. The molecule has 208 valence electrons. The highest BCUT2D eigenvalue weighted by Gasteiger charge is 2.47. The number of methoxy groups -OCH3 is 1. The molecule has 3 atom stereocenters. The zero-order chi connectivity index (χ0) is 26.1. The monoisotopic (exact) mass is 523 g/mol. The summed E-state index contributed by atoms with van der Waals surface area (Å²) in [4.78, 5) is 33.3. The predicted octanol–water partition coefficient (Wildman–Crippen LogP) is 4.72. The van der Waals surface area contributed by atoms with Gasteiger partial charge in [0.2, 0.25) is 5.91 Å². The van der Waals surface area contributed by atoms with Crippen LogP contribution in [0.25, 0.3) is 0 Å². The van der Waals surface area contributed by atoms with Gasteiger partial charge in [0.15, 0.2) is 0 Å². The van der Waals surface area contributed by atoms with E-state index in [4.69, 9.17) is 9.47 Å². The number of carbonyl (C=O) groups excluding carboxylic acids is 2. The maximum atomic E-state index is 13.1. The number of likely N-dealkylation sites (tertiary alicyclic amines) is 1. The Kier molecular flexibility index (Phi) is 7.68. The summed E-state index contributed by atoms with van der Waals surface area (Å²) in [5.74, 6) is 0.654. The van der Waals surface area contributed by atoms with Crippen LogP contribution in [-0.2, 0) is 26.2 Å². The Morgan fingerprint density at radius 2 is 1.66 bits per heavy atom. The molecule has 7 nitrogen and oxygen atoms in total. The number of hydrogen-bond acceptors (Lipinski definition) is 5. The Labute approximate surface area is 227 Å². The van der Waals surface area contributed by atoms with Crippen molar-refractivity contribution in [1.29, 1.82) is 0 Å². The molecule has 1 saturated carbocycles. The zero-order valence-electron chi connectivity index (χ0n) is 23.1. The largest absolute Gasteiger partial charge is 0.447 e. The molecule has 1 aromatic rings. The maximum Gasteiger partial charge on any atom is 0.410 e. The van der Waals surface area contributed by atoms with Gasteiger partial charge in [-0.25, -0.2) is 4.79 Å². The number of nitrogens with zero attached hydrogens (tertiary/aromatic N) is 3. The van der Waals surface area contributed by atoms with Crippen LogP contribution in [0.15, 0.2) is 24.3 Å². The Hall–Kier alpha value is -2.12. The van der Waals surface area contributed by atoms with Gasteiger partial charge in [0.25, 0.3) is 0 Å². The van der Waals surface area contributed by atoms with E-state index in [1.54, 1.807) is 7.11 Å². The van der Waals surface area contributed by atoms with Gasteiger partial charge in [0, 0.05) is 49.7 Å². The lowest BCUT2D eigenvalue weighted by molar-refractivity contribution is -0.135. The Morgan fingerprint density at radius 1 is 0.921 bits per heavy atom. The zero-order valence-corrected chi connectivity index (χ0v) is 23.1. The van der Waals surface area contributed by atoms with Crippen LogP contribution in [0.5, 0.6) is 0 Å². The van der Waals surface area contributed by atoms with E-state index in [2.05, 4.69) is 39.0 Å². The molecule has 7 heteroatoms. The number of rotatable bonds is 5. The highest BCUT2D eigenvalue weighted by atomic mass is 16.6. The van der Waals surface area contributed by atoms with E-state index in [1.807, 2.05) is 0 Å². The number of carbonyl (C=O) groups is 2. The van der Waals surface area contributed by atoms with E-state index >= 15 is 0 Å². The van der Waals surface area contributed by atoms with Crippen molar-refractivity contribution in [2.75, 3.05) is 40.0 Å². The minimum atomic E-state index is -0.142. The minimum Gasteiger partial charge on any atom is -0.447 e. The molecule has 5 aliphatic rings. The van der Waals surface area contributed by atoms with Crippen molar-refractivity contribution in [3.05, 3.63) is 35.4 Å². The SMILES string of the molecule is COCCOC(=O)N1C2CCCCC1CC(N1CCC3(CC1)CN(C(=O)C1CC1)Cc1ccccc13)CC2. The summed E-state index contributed by atoms with van der Waals surface area (Å²) in [5, 5.41) is 0. The molecule has 0 radical (unpaired) electrons. The van der Waals surface area contributed by atoms with Crippen molar-refractivity contribution >= 4 is 12.0 Å². The van der Waals surface area contributed by atoms with E-state index in [0.29, 0.717) is 31.2 Å². The summed E-state index contributed by atoms with van der Waals surface area (Å²) in [6, 6.07) is 9.96. The van der Waals surface area contributed by atoms with Gasteiger partial charge in [0.1, 0.15) is 6.61 Å². The van der Waals surface area contributed by atoms with E-state index in [-0.39, 0.29) is 23.5 Å². The van der Waals surface area contributed by atoms with Crippen molar-refractivity contribution in [2.45, 2.75) is 101 Å². The first-order valence-corrected chi connectivity index (χ1v) is 15.1. The number of hydrogen-bond donors (Lipinski definition) is 0. The van der Waals surface area contributed by atoms with Crippen LogP contribution in [0, 0.1) is 5.92 Å². The number of piperidine rings is 1. The fourth-order valence-electron chi connectivity index (χ4n) is 7.96. The fraction of sp³-hybridized carbons (Fsp3) is 0.742. The van der Waals surface area contributed by atoms with Crippen molar-refractivity contribution in [3.8, 4) is 0 Å². The van der Waals surface area contributed by atoms with Gasteiger partial charge in [-0.1, -0.05) is 37.1 Å². The molecule has 3 saturated heterocycles. The molecule has 0 aromatic heterocycles. The second-order valence-electron chi connectivity index (χ2n) is 12.5. The molecule has 1 aliphatic carbocycles. The average molecular weight is 524 g/mol. The molecular weight excluding hydrogens is 478 g/mol. The molecule has 2 bridgehead atoms. The summed E-state index contributed by atoms with van der Waals surface area (Å²) in [6.45, 7) is 4.56. The van der Waals surface area contributed by atoms with Crippen LogP contribution < -0.4 is 0 Å². The fourth-order valence-corrected chi connectivity index (χ4v) is 7.96. The highest BCUT2D eigenvalue weighted by Crippen LogP contribution is 2.45. The molecule has 38 heavy (non-hydrogen) atoms.